The normalized spacial score (nSPS) is 19.2. The number of nitrogens with one attached hydrogen (secondary N) is 1. The van der Waals surface area contributed by atoms with Gasteiger partial charge in [-0.25, -0.2) is 0 Å². The molecule has 1 aromatic carbocycles. The minimum atomic E-state index is -1.08. The molecule has 1 aliphatic rings. The monoisotopic (exact) mass is 336 g/mol. The van der Waals surface area contributed by atoms with Crippen LogP contribution in [0, 0.1) is 0 Å². The molecule has 1 fully saturated rings. The number of carboxylic acid groups (broad SMARTS) is 1. The van der Waals surface area contributed by atoms with Crippen LogP contribution < -0.4 is 11.1 Å². The highest BCUT2D eigenvalue weighted by molar-refractivity contribution is 8.15. The van der Waals surface area contributed by atoms with Crippen LogP contribution in [-0.2, 0) is 9.59 Å². The lowest BCUT2D eigenvalue weighted by Gasteiger charge is -2.00. The Kier molecular flexibility index (Phi) is 4.96. The number of aromatic hydroxyl groups is 1. The predicted octanol–water partition coefficient (Wildman–Crippen LogP) is -0.113. The summed E-state index contributed by atoms with van der Waals surface area (Å²) in [6.07, 6.45) is 0.995. The number of primary amides is 1. The van der Waals surface area contributed by atoms with Crippen LogP contribution in [-0.4, -0.2) is 44.6 Å². The molecule has 2 rings (SSSR count). The summed E-state index contributed by atoms with van der Waals surface area (Å²) < 4.78 is 0. The van der Waals surface area contributed by atoms with Crippen molar-refractivity contribution in [2.75, 3.05) is 0 Å². The lowest BCUT2D eigenvalue weighted by atomic mass is 10.1. The molecule has 0 saturated carbocycles. The average molecular weight is 336 g/mol. The smallest absolute Gasteiger partial charge is 0.305 e. The largest absolute Gasteiger partial charge is 0.507 e. The van der Waals surface area contributed by atoms with Crippen molar-refractivity contribution in [3.8, 4) is 5.75 Å². The number of phenols is 1. The average Bonchev–Trinajstić information content (AvgIpc) is 2.80. The van der Waals surface area contributed by atoms with Gasteiger partial charge in [-0.05, 0) is 23.8 Å². The van der Waals surface area contributed by atoms with E-state index in [1.807, 2.05) is 0 Å². The molecule has 1 heterocycles. The summed E-state index contributed by atoms with van der Waals surface area (Å²) in [6, 6.07) is 4.14. The van der Waals surface area contributed by atoms with Crippen LogP contribution in [0.5, 0.6) is 5.75 Å². The maximum atomic E-state index is 11.5. The van der Waals surface area contributed by atoms with Gasteiger partial charge in [0.2, 0.25) is 5.91 Å². The van der Waals surface area contributed by atoms with Gasteiger partial charge in [-0.15, -0.1) is 5.10 Å². The Morgan fingerprint density at radius 2 is 2.17 bits per heavy atom. The molecule has 1 aliphatic heterocycles. The third kappa shape index (κ3) is 4.30. The molecule has 2 amide bonds. The van der Waals surface area contributed by atoms with E-state index in [0.29, 0.717) is 5.56 Å². The Hall–Kier alpha value is -2.88. The molecule has 0 spiro atoms. The Bertz CT molecular complexity index is 731. The Balaban J connectivity index is 2.07. The highest BCUT2D eigenvalue weighted by Crippen LogP contribution is 2.22. The van der Waals surface area contributed by atoms with E-state index < -0.39 is 23.0 Å². The van der Waals surface area contributed by atoms with Crippen LogP contribution in [0.2, 0.25) is 0 Å². The first kappa shape index (κ1) is 16.5. The molecule has 10 heteroatoms. The summed E-state index contributed by atoms with van der Waals surface area (Å²) in [4.78, 5) is 33.2. The van der Waals surface area contributed by atoms with Crippen LogP contribution in [0.15, 0.2) is 28.4 Å². The number of carbonyl (C=O) groups is 3. The molecule has 1 unspecified atom stereocenters. The number of carbonyl (C=O) groups excluding carboxylic acids is 2. The number of amides is 2. The number of hydrogen-bond donors (Lipinski definition) is 4. The lowest BCUT2D eigenvalue weighted by Crippen LogP contribution is -2.26. The number of hydrogen-bond acceptors (Lipinski definition) is 7. The summed E-state index contributed by atoms with van der Waals surface area (Å²) in [5.74, 6) is -2.53. The quantitative estimate of drug-likeness (QED) is 0.434. The lowest BCUT2D eigenvalue weighted by molar-refractivity contribution is -0.138. The van der Waals surface area contributed by atoms with Gasteiger partial charge in [0.1, 0.15) is 11.0 Å². The summed E-state index contributed by atoms with van der Waals surface area (Å²) in [5, 5.41) is 27.5. The summed E-state index contributed by atoms with van der Waals surface area (Å²) in [6.45, 7) is 0. The van der Waals surface area contributed by atoms with Crippen molar-refractivity contribution >= 4 is 40.9 Å². The maximum absolute atomic E-state index is 11.5. The molecule has 1 aromatic rings. The van der Waals surface area contributed by atoms with E-state index in [1.165, 1.54) is 24.4 Å². The molecule has 0 bridgehead atoms. The minimum absolute atomic E-state index is 0.0494. The standard InChI is InChI=1S/C13H12N4O5S/c14-11(21)7-3-6(1-2-8(7)18)5-15-17-13-16-12(22)9(23-13)4-10(19)20/h1-3,5,9,18H,4H2,(H2,14,21)(H,19,20)(H,16,17,22). The number of nitrogens with two attached hydrogens (primary N) is 1. The highest BCUT2D eigenvalue weighted by atomic mass is 32.2. The number of nitrogens with zero attached hydrogens (tertiary/aromatic N) is 2. The zero-order valence-corrected chi connectivity index (χ0v) is 12.4. The van der Waals surface area contributed by atoms with E-state index in [9.17, 15) is 19.5 Å². The Morgan fingerprint density at radius 1 is 1.43 bits per heavy atom. The fourth-order valence-electron chi connectivity index (χ4n) is 1.72. The van der Waals surface area contributed by atoms with Crippen molar-refractivity contribution in [3.05, 3.63) is 29.3 Å². The summed E-state index contributed by atoms with van der Waals surface area (Å²) >= 11 is 0.973. The van der Waals surface area contributed by atoms with Gasteiger partial charge >= 0.3 is 5.97 Å². The third-order valence-electron chi connectivity index (χ3n) is 2.78. The second-order valence-electron chi connectivity index (χ2n) is 4.48. The molecule has 120 valence electrons. The summed E-state index contributed by atoms with van der Waals surface area (Å²) in [7, 11) is 0. The molecular weight excluding hydrogens is 324 g/mol. The molecule has 0 aromatic heterocycles. The molecule has 23 heavy (non-hydrogen) atoms. The number of rotatable bonds is 5. The minimum Gasteiger partial charge on any atom is -0.507 e. The van der Waals surface area contributed by atoms with Crippen LogP contribution in [0.25, 0.3) is 0 Å². The Morgan fingerprint density at radius 3 is 2.83 bits per heavy atom. The second-order valence-corrected chi connectivity index (χ2v) is 5.68. The van der Waals surface area contributed by atoms with E-state index >= 15 is 0 Å². The van der Waals surface area contributed by atoms with Gasteiger partial charge in [0.25, 0.3) is 5.91 Å². The first-order valence-electron chi connectivity index (χ1n) is 6.30. The fourth-order valence-corrected chi connectivity index (χ4v) is 2.64. The number of benzene rings is 1. The number of amidine groups is 1. The van der Waals surface area contributed by atoms with Gasteiger partial charge in [0.15, 0.2) is 5.17 Å². The maximum Gasteiger partial charge on any atom is 0.305 e. The van der Waals surface area contributed by atoms with Crippen LogP contribution >= 0.6 is 11.8 Å². The molecular formula is C13H12N4O5S. The zero-order chi connectivity index (χ0) is 17.0. The van der Waals surface area contributed by atoms with Crippen LogP contribution in [0.1, 0.15) is 22.3 Å². The van der Waals surface area contributed by atoms with Crippen molar-refractivity contribution in [1.29, 1.82) is 0 Å². The van der Waals surface area contributed by atoms with Crippen molar-refractivity contribution in [2.45, 2.75) is 11.7 Å². The van der Waals surface area contributed by atoms with Gasteiger partial charge < -0.3 is 21.3 Å². The van der Waals surface area contributed by atoms with Gasteiger partial charge in [0.05, 0.1) is 18.2 Å². The number of thioether (sulfide) groups is 1. The summed E-state index contributed by atoms with van der Waals surface area (Å²) in [5.41, 5.74) is 5.53. The van der Waals surface area contributed by atoms with Crippen LogP contribution in [0.3, 0.4) is 0 Å². The fraction of sp³-hybridized carbons (Fsp3) is 0.154. The number of carboxylic acids is 1. The van der Waals surface area contributed by atoms with Gasteiger partial charge in [0, 0.05) is 0 Å². The van der Waals surface area contributed by atoms with Crippen LogP contribution in [0.4, 0.5) is 0 Å². The van der Waals surface area contributed by atoms with E-state index in [0.717, 1.165) is 11.8 Å². The second kappa shape index (κ2) is 6.92. The van der Waals surface area contributed by atoms with E-state index in [4.69, 9.17) is 10.8 Å². The molecule has 9 nitrogen and oxygen atoms in total. The first-order chi connectivity index (χ1) is 10.9. The van der Waals surface area contributed by atoms with Gasteiger partial charge in [-0.2, -0.15) is 5.10 Å². The van der Waals surface area contributed by atoms with Crippen molar-refractivity contribution in [1.82, 2.24) is 5.32 Å². The van der Waals surface area contributed by atoms with E-state index in [2.05, 4.69) is 15.5 Å². The van der Waals surface area contributed by atoms with Crippen molar-refractivity contribution < 1.29 is 24.6 Å². The zero-order valence-electron chi connectivity index (χ0n) is 11.6. The van der Waals surface area contributed by atoms with E-state index in [1.54, 1.807) is 0 Å². The molecule has 1 saturated heterocycles. The van der Waals surface area contributed by atoms with E-state index in [-0.39, 0.29) is 22.9 Å². The molecule has 1 atom stereocenters. The predicted molar refractivity (Wildman–Crippen MR) is 83.4 cm³/mol. The van der Waals surface area contributed by atoms with Gasteiger partial charge in [-0.1, -0.05) is 11.8 Å². The molecule has 0 radical (unpaired) electrons. The molecule has 5 N–H and O–H groups in total. The van der Waals surface area contributed by atoms with Crippen molar-refractivity contribution in [2.24, 2.45) is 15.9 Å². The first-order valence-corrected chi connectivity index (χ1v) is 7.18. The highest BCUT2D eigenvalue weighted by Gasteiger charge is 2.32. The van der Waals surface area contributed by atoms with Gasteiger partial charge in [-0.3, -0.25) is 14.4 Å². The SMILES string of the molecule is NC(=O)c1cc(C=NN=C2NC(=O)C(CC(=O)O)S2)ccc1O. The topological polar surface area (TPSA) is 154 Å². The number of aliphatic carboxylic acids is 1. The molecule has 0 aliphatic carbocycles. The third-order valence-corrected chi connectivity index (χ3v) is 3.85. The van der Waals surface area contributed by atoms with Crippen molar-refractivity contribution in [3.63, 3.8) is 0 Å². The Labute approximate surface area is 134 Å².